The number of carboxylic acids is 1. The fraction of sp³-hybridized carbons (Fsp3) is 0.500. The zero-order valence-corrected chi connectivity index (χ0v) is 16.4. The zero-order valence-electron chi connectivity index (χ0n) is 16.4. The van der Waals surface area contributed by atoms with Crippen LogP contribution in [0, 0.1) is 5.41 Å². The molecule has 0 unspecified atom stereocenters. The molecule has 0 radical (unpaired) electrons. The third-order valence-electron chi connectivity index (χ3n) is 5.49. The highest BCUT2D eigenvalue weighted by atomic mass is 16.4. The van der Waals surface area contributed by atoms with E-state index < -0.39 is 12.1 Å². The van der Waals surface area contributed by atoms with Gasteiger partial charge < -0.3 is 25.4 Å². The number of hydrogen-bond acceptors (Lipinski definition) is 6. The molecule has 2 aliphatic heterocycles. The summed E-state index contributed by atoms with van der Waals surface area (Å²) in [4.78, 5) is 42.8. The van der Waals surface area contributed by atoms with Crippen molar-refractivity contribution in [3.05, 3.63) is 40.4 Å². The summed E-state index contributed by atoms with van der Waals surface area (Å²) in [5.41, 5.74) is -0.0933. The number of aliphatic hydroxyl groups excluding tert-OH is 1. The van der Waals surface area contributed by atoms with Crippen molar-refractivity contribution in [1.82, 2.24) is 20.2 Å². The number of likely N-dealkylation sites (tertiary alicyclic amines) is 1. The second kappa shape index (κ2) is 8.71. The molecule has 2 atom stereocenters. The summed E-state index contributed by atoms with van der Waals surface area (Å²) >= 11 is 0. The fourth-order valence-corrected chi connectivity index (χ4v) is 4.09. The Kier molecular flexibility index (Phi) is 6.29. The molecule has 156 valence electrons. The second-order valence-corrected chi connectivity index (χ2v) is 7.62. The number of piperidine rings is 2. The van der Waals surface area contributed by atoms with Crippen molar-refractivity contribution < 1.29 is 19.8 Å². The van der Waals surface area contributed by atoms with E-state index in [2.05, 4.69) is 15.3 Å². The predicted octanol–water partition coefficient (Wildman–Crippen LogP) is 0.591. The van der Waals surface area contributed by atoms with Gasteiger partial charge in [-0.25, -0.2) is 4.98 Å². The van der Waals surface area contributed by atoms with E-state index in [0.717, 1.165) is 26.3 Å². The molecular weight excluding hydrogens is 376 g/mol. The average molecular weight is 402 g/mol. The van der Waals surface area contributed by atoms with Gasteiger partial charge in [-0.1, -0.05) is 12.1 Å². The lowest BCUT2D eigenvalue weighted by molar-refractivity contribution is -0.134. The van der Waals surface area contributed by atoms with Gasteiger partial charge >= 0.3 is 0 Å². The van der Waals surface area contributed by atoms with Crippen molar-refractivity contribution in [1.29, 1.82) is 0 Å². The number of carboxylic acid groups (broad SMARTS) is 1. The first-order chi connectivity index (χ1) is 13.8. The molecule has 1 spiro atoms. The van der Waals surface area contributed by atoms with E-state index in [0.29, 0.717) is 37.0 Å². The largest absolute Gasteiger partial charge is 0.481 e. The van der Waals surface area contributed by atoms with E-state index in [-0.39, 0.29) is 22.7 Å². The molecule has 9 heteroatoms. The van der Waals surface area contributed by atoms with Gasteiger partial charge in [0.1, 0.15) is 0 Å². The van der Waals surface area contributed by atoms with Crippen molar-refractivity contribution in [2.45, 2.75) is 32.3 Å². The Labute approximate surface area is 167 Å². The van der Waals surface area contributed by atoms with E-state index in [1.807, 2.05) is 0 Å². The SMILES string of the molecule is CC(=O)O.O=C(c1nc2ccccc2c(=O)[nH]1)N1CCC[C@]2(CNCC[C@@H]2O)C1. The van der Waals surface area contributed by atoms with Gasteiger partial charge in [-0.3, -0.25) is 14.4 Å². The maximum atomic E-state index is 12.9. The molecule has 4 rings (SSSR count). The van der Waals surface area contributed by atoms with Gasteiger partial charge in [-0.15, -0.1) is 0 Å². The van der Waals surface area contributed by atoms with Gasteiger partial charge in [0.25, 0.3) is 17.4 Å². The van der Waals surface area contributed by atoms with Crippen LogP contribution >= 0.6 is 0 Å². The molecule has 2 aliphatic rings. The van der Waals surface area contributed by atoms with Gasteiger partial charge in [0.15, 0.2) is 5.82 Å². The van der Waals surface area contributed by atoms with Crippen molar-refractivity contribution in [3.63, 3.8) is 0 Å². The molecule has 0 saturated carbocycles. The number of aromatic amines is 1. The lowest BCUT2D eigenvalue weighted by Gasteiger charge is -2.48. The summed E-state index contributed by atoms with van der Waals surface area (Å²) in [6.07, 6.45) is 2.02. The zero-order chi connectivity index (χ0) is 21.0. The number of carbonyl (C=O) groups is 2. The lowest BCUT2D eigenvalue weighted by Crippen LogP contribution is -2.59. The Morgan fingerprint density at radius 1 is 1.31 bits per heavy atom. The number of amides is 1. The lowest BCUT2D eigenvalue weighted by atomic mass is 9.72. The van der Waals surface area contributed by atoms with Crippen molar-refractivity contribution >= 4 is 22.8 Å². The fourth-order valence-electron chi connectivity index (χ4n) is 4.09. The third kappa shape index (κ3) is 4.63. The molecule has 1 aromatic carbocycles. The van der Waals surface area contributed by atoms with E-state index in [1.54, 1.807) is 29.2 Å². The number of fused-ring (bicyclic) bond motifs is 1. The number of rotatable bonds is 1. The summed E-state index contributed by atoms with van der Waals surface area (Å²) in [6, 6.07) is 6.98. The van der Waals surface area contributed by atoms with E-state index in [9.17, 15) is 14.7 Å². The molecule has 4 N–H and O–H groups in total. The van der Waals surface area contributed by atoms with Crippen LogP contribution in [0.25, 0.3) is 10.9 Å². The minimum atomic E-state index is -0.833. The van der Waals surface area contributed by atoms with Gasteiger partial charge in [0.2, 0.25) is 0 Å². The number of aliphatic carboxylic acids is 1. The molecule has 1 aromatic heterocycles. The maximum absolute atomic E-state index is 12.9. The molecule has 9 nitrogen and oxygen atoms in total. The van der Waals surface area contributed by atoms with Crippen LogP contribution in [-0.4, -0.2) is 69.2 Å². The predicted molar refractivity (Wildman–Crippen MR) is 107 cm³/mol. The van der Waals surface area contributed by atoms with Crippen LogP contribution < -0.4 is 10.9 Å². The number of hydrogen-bond donors (Lipinski definition) is 4. The molecule has 2 saturated heterocycles. The molecular formula is C20H26N4O5. The first kappa shape index (κ1) is 20.9. The maximum Gasteiger partial charge on any atom is 0.300 e. The van der Waals surface area contributed by atoms with Crippen LogP contribution in [0.4, 0.5) is 0 Å². The number of nitrogens with zero attached hydrogens (tertiary/aromatic N) is 2. The van der Waals surface area contributed by atoms with Crippen LogP contribution in [-0.2, 0) is 4.79 Å². The first-order valence-electron chi connectivity index (χ1n) is 9.69. The van der Waals surface area contributed by atoms with Crippen LogP contribution in [0.2, 0.25) is 0 Å². The number of H-pyrrole nitrogens is 1. The van der Waals surface area contributed by atoms with Crippen molar-refractivity contribution in [2.75, 3.05) is 26.2 Å². The van der Waals surface area contributed by atoms with Gasteiger partial charge in [0, 0.05) is 32.0 Å². The summed E-state index contributed by atoms with van der Waals surface area (Å²) in [5.74, 6) is -1.04. The van der Waals surface area contributed by atoms with Crippen LogP contribution in [0.3, 0.4) is 0 Å². The second-order valence-electron chi connectivity index (χ2n) is 7.62. The highest BCUT2D eigenvalue weighted by Gasteiger charge is 2.44. The first-order valence-corrected chi connectivity index (χ1v) is 9.69. The van der Waals surface area contributed by atoms with E-state index >= 15 is 0 Å². The number of aliphatic hydroxyl groups is 1. The van der Waals surface area contributed by atoms with Gasteiger partial charge in [0.05, 0.1) is 17.0 Å². The van der Waals surface area contributed by atoms with Crippen LogP contribution in [0.1, 0.15) is 36.8 Å². The summed E-state index contributed by atoms with van der Waals surface area (Å²) < 4.78 is 0. The summed E-state index contributed by atoms with van der Waals surface area (Å²) in [5, 5.41) is 21.7. The molecule has 2 aromatic rings. The number of nitrogens with one attached hydrogen (secondary N) is 2. The molecule has 0 aliphatic carbocycles. The molecule has 29 heavy (non-hydrogen) atoms. The standard InChI is InChI=1S/C18H22N4O3.C2H4O2/c23-14-6-8-19-10-18(14)7-3-9-22(11-18)17(25)15-20-13-5-2-1-4-12(13)16(24)21-15;1-2(3)4/h1-2,4-5,14,19,23H,3,6-11H2,(H,20,21,24);1H3,(H,3,4)/t14-,18-;/m0./s1. The average Bonchev–Trinajstić information content (AvgIpc) is 2.69. The Hall–Kier alpha value is -2.78. The Balaban J connectivity index is 0.000000552. The molecule has 3 heterocycles. The topological polar surface area (TPSA) is 136 Å². The highest BCUT2D eigenvalue weighted by molar-refractivity contribution is 5.92. The quantitative estimate of drug-likeness (QED) is 0.548. The summed E-state index contributed by atoms with van der Waals surface area (Å²) in [7, 11) is 0. The molecule has 1 amide bonds. The number of aromatic nitrogens is 2. The Morgan fingerprint density at radius 3 is 2.76 bits per heavy atom. The summed E-state index contributed by atoms with van der Waals surface area (Å²) in [6.45, 7) is 3.69. The smallest absolute Gasteiger partial charge is 0.300 e. The monoisotopic (exact) mass is 402 g/mol. The van der Waals surface area contributed by atoms with Crippen molar-refractivity contribution in [3.8, 4) is 0 Å². The number of benzene rings is 1. The number of para-hydroxylation sites is 1. The van der Waals surface area contributed by atoms with Crippen LogP contribution in [0.5, 0.6) is 0 Å². The normalized spacial score (nSPS) is 24.1. The highest BCUT2D eigenvalue weighted by Crippen LogP contribution is 2.36. The van der Waals surface area contributed by atoms with Crippen molar-refractivity contribution in [2.24, 2.45) is 5.41 Å². The van der Waals surface area contributed by atoms with Crippen LogP contribution in [0.15, 0.2) is 29.1 Å². The van der Waals surface area contributed by atoms with E-state index in [1.165, 1.54) is 0 Å². The Morgan fingerprint density at radius 2 is 2.03 bits per heavy atom. The Bertz CT molecular complexity index is 951. The minimum Gasteiger partial charge on any atom is -0.481 e. The van der Waals surface area contributed by atoms with Gasteiger partial charge in [-0.05, 0) is 37.9 Å². The third-order valence-corrected chi connectivity index (χ3v) is 5.49. The molecule has 2 fully saturated rings. The van der Waals surface area contributed by atoms with Gasteiger partial charge in [-0.2, -0.15) is 0 Å². The number of carbonyl (C=O) groups excluding carboxylic acids is 1. The van der Waals surface area contributed by atoms with E-state index in [4.69, 9.17) is 9.90 Å². The molecule has 0 bridgehead atoms. The minimum absolute atomic E-state index is 0.0685.